The lowest BCUT2D eigenvalue weighted by molar-refractivity contribution is -0.633. The molecule has 0 amide bonds. The van der Waals surface area contributed by atoms with E-state index in [1.165, 1.54) is 16.5 Å². The molecule has 0 bridgehead atoms. The molecule has 0 atom stereocenters. The normalized spacial score (nSPS) is 12.6. The molecule has 4 heteroatoms. The lowest BCUT2D eigenvalue weighted by atomic mass is 9.89. The summed E-state index contributed by atoms with van der Waals surface area (Å²) in [5.74, 6) is 0.845. The Kier molecular flexibility index (Phi) is 5.65. The second-order valence-corrected chi connectivity index (χ2v) is 12.7. The fourth-order valence-electron chi connectivity index (χ4n) is 5.38. The van der Waals surface area contributed by atoms with Crippen molar-refractivity contribution in [3.8, 4) is 22.5 Å². The van der Waals surface area contributed by atoms with Crippen molar-refractivity contribution in [2.75, 3.05) is 0 Å². The van der Waals surface area contributed by atoms with Crippen LogP contribution in [-0.2, 0) is 17.9 Å². The molecule has 3 aromatic heterocycles. The van der Waals surface area contributed by atoms with E-state index in [0.717, 1.165) is 56.0 Å². The first-order valence-electron chi connectivity index (χ1n) is 13.7. The van der Waals surface area contributed by atoms with Crippen LogP contribution in [0.1, 0.15) is 58.6 Å². The van der Waals surface area contributed by atoms with Crippen LogP contribution >= 0.6 is 0 Å². The summed E-state index contributed by atoms with van der Waals surface area (Å²) in [6, 6.07) is 25.8. The zero-order chi connectivity index (χ0) is 27.7. The average Bonchev–Trinajstić information content (AvgIpc) is 3.27. The number of benzene rings is 3. The number of nitrogens with zero attached hydrogens (tertiary/aromatic N) is 3. The predicted molar refractivity (Wildman–Crippen MR) is 161 cm³/mol. The van der Waals surface area contributed by atoms with Gasteiger partial charge in [-0.25, -0.2) is 9.97 Å². The molecule has 0 fully saturated rings. The minimum absolute atomic E-state index is 0.103. The Bertz CT molecular complexity index is 1870. The molecule has 4 nitrogen and oxygen atoms in total. The molecule has 3 heterocycles. The van der Waals surface area contributed by atoms with E-state index in [1.807, 2.05) is 0 Å². The highest BCUT2D eigenvalue weighted by Crippen LogP contribution is 2.41. The van der Waals surface area contributed by atoms with Crippen molar-refractivity contribution in [2.45, 2.75) is 59.3 Å². The smallest absolute Gasteiger partial charge is 0.216 e. The fraction of sp³-hybridized carbons (Fsp3) is 0.286. The van der Waals surface area contributed by atoms with Crippen LogP contribution in [0.15, 0.2) is 77.2 Å². The standard InChI is InChI=1S/C35H36N3O/c1-21-16-18-24-23-13-11-14-25(26-20-29(34(2,3)4)37-33(36-26)35(5,6)7)31(23)39-32(24)30(21)28-19-17-22-12-9-10-15-27(22)38(28)8/h9-20H,1-8H3/q+1. The Morgan fingerprint density at radius 1 is 0.718 bits per heavy atom. The number of pyridine rings is 1. The van der Waals surface area contributed by atoms with E-state index in [0.29, 0.717) is 0 Å². The number of para-hydroxylation sites is 2. The van der Waals surface area contributed by atoms with Gasteiger partial charge in [-0.3, -0.25) is 0 Å². The van der Waals surface area contributed by atoms with Crippen LogP contribution in [0.5, 0.6) is 0 Å². The van der Waals surface area contributed by atoms with Crippen LogP contribution in [0.4, 0.5) is 0 Å². The Morgan fingerprint density at radius 2 is 1.46 bits per heavy atom. The first-order chi connectivity index (χ1) is 18.4. The molecule has 6 aromatic rings. The largest absolute Gasteiger partial charge is 0.454 e. The molecular formula is C35H36N3O+. The number of rotatable bonds is 2. The Balaban J connectivity index is 1.65. The van der Waals surface area contributed by atoms with E-state index in [-0.39, 0.29) is 10.8 Å². The highest BCUT2D eigenvalue weighted by atomic mass is 16.3. The van der Waals surface area contributed by atoms with Gasteiger partial charge in [-0.15, -0.1) is 0 Å². The molecule has 39 heavy (non-hydrogen) atoms. The summed E-state index contributed by atoms with van der Waals surface area (Å²) in [6.45, 7) is 15.3. The average molecular weight is 515 g/mol. The molecule has 0 saturated carbocycles. The molecular weight excluding hydrogens is 478 g/mol. The summed E-state index contributed by atoms with van der Waals surface area (Å²) in [5, 5.41) is 3.43. The molecule has 0 unspecified atom stereocenters. The Labute approximate surface area is 230 Å². The van der Waals surface area contributed by atoms with Crippen molar-refractivity contribution >= 4 is 32.8 Å². The third kappa shape index (κ3) is 4.19. The summed E-state index contributed by atoms with van der Waals surface area (Å²) in [7, 11) is 2.13. The topological polar surface area (TPSA) is 42.8 Å². The molecule has 0 N–H and O–H groups in total. The predicted octanol–water partition coefficient (Wildman–Crippen LogP) is 8.59. The molecule has 0 aliphatic carbocycles. The van der Waals surface area contributed by atoms with Crippen LogP contribution in [0.2, 0.25) is 0 Å². The highest BCUT2D eigenvalue weighted by molar-refractivity contribution is 6.13. The van der Waals surface area contributed by atoms with Crippen molar-refractivity contribution in [1.82, 2.24) is 9.97 Å². The lowest BCUT2D eigenvalue weighted by Crippen LogP contribution is -2.32. The number of fused-ring (bicyclic) bond motifs is 4. The monoisotopic (exact) mass is 514 g/mol. The maximum Gasteiger partial charge on any atom is 0.216 e. The van der Waals surface area contributed by atoms with Gasteiger partial charge in [-0.2, -0.15) is 4.57 Å². The minimum Gasteiger partial charge on any atom is -0.454 e. The van der Waals surface area contributed by atoms with E-state index in [1.54, 1.807) is 0 Å². The van der Waals surface area contributed by atoms with Crippen molar-refractivity contribution in [2.24, 2.45) is 7.05 Å². The Hall–Kier alpha value is -4.05. The number of aromatic nitrogens is 3. The first-order valence-corrected chi connectivity index (χ1v) is 13.7. The maximum atomic E-state index is 6.85. The van der Waals surface area contributed by atoms with Crippen LogP contribution in [-0.4, -0.2) is 9.97 Å². The lowest BCUT2D eigenvalue weighted by Gasteiger charge is -2.23. The summed E-state index contributed by atoms with van der Waals surface area (Å²) in [4.78, 5) is 10.1. The second kappa shape index (κ2) is 8.74. The number of furan rings is 1. The second-order valence-electron chi connectivity index (χ2n) is 12.7. The van der Waals surface area contributed by atoms with Gasteiger partial charge in [0.2, 0.25) is 11.2 Å². The molecule has 0 radical (unpaired) electrons. The van der Waals surface area contributed by atoms with Crippen molar-refractivity contribution in [3.05, 3.63) is 89.9 Å². The number of hydrogen-bond donors (Lipinski definition) is 0. The summed E-state index contributed by atoms with van der Waals surface area (Å²) >= 11 is 0. The Morgan fingerprint density at radius 3 is 2.21 bits per heavy atom. The van der Waals surface area contributed by atoms with Crippen LogP contribution in [0, 0.1) is 6.92 Å². The van der Waals surface area contributed by atoms with Gasteiger partial charge >= 0.3 is 0 Å². The fourth-order valence-corrected chi connectivity index (χ4v) is 5.38. The summed E-state index contributed by atoms with van der Waals surface area (Å²) in [5.41, 5.74) is 9.04. The van der Waals surface area contributed by atoms with Crippen molar-refractivity contribution < 1.29 is 8.98 Å². The zero-order valence-electron chi connectivity index (χ0n) is 24.2. The highest BCUT2D eigenvalue weighted by Gasteiger charge is 2.26. The molecule has 0 spiro atoms. The van der Waals surface area contributed by atoms with Gasteiger partial charge in [0.15, 0.2) is 0 Å². The number of aryl methyl sites for hydroxylation is 2. The van der Waals surface area contributed by atoms with Gasteiger partial charge in [-0.1, -0.05) is 77.9 Å². The SMILES string of the molecule is Cc1ccc2c(oc3c(-c4cc(C(C)(C)C)nc(C(C)(C)C)n4)cccc32)c1-c1ccc2ccccc2[n+]1C. The van der Waals surface area contributed by atoms with E-state index < -0.39 is 0 Å². The summed E-state index contributed by atoms with van der Waals surface area (Å²) in [6.07, 6.45) is 0. The minimum atomic E-state index is -0.174. The van der Waals surface area contributed by atoms with Crippen molar-refractivity contribution in [3.63, 3.8) is 0 Å². The van der Waals surface area contributed by atoms with E-state index in [9.17, 15) is 0 Å². The third-order valence-corrected chi connectivity index (χ3v) is 7.65. The van der Waals surface area contributed by atoms with Gasteiger partial charge in [0.1, 0.15) is 24.0 Å². The van der Waals surface area contributed by atoms with Gasteiger partial charge < -0.3 is 4.42 Å². The summed E-state index contributed by atoms with van der Waals surface area (Å²) < 4.78 is 9.11. The van der Waals surface area contributed by atoms with E-state index >= 15 is 0 Å². The van der Waals surface area contributed by atoms with Crippen LogP contribution in [0.3, 0.4) is 0 Å². The van der Waals surface area contributed by atoms with Crippen LogP contribution < -0.4 is 4.57 Å². The van der Waals surface area contributed by atoms with Gasteiger partial charge in [0.05, 0.1) is 17.0 Å². The molecule has 3 aromatic carbocycles. The van der Waals surface area contributed by atoms with Crippen LogP contribution in [0.25, 0.3) is 55.4 Å². The quantitative estimate of drug-likeness (QED) is 0.217. The number of hydrogen-bond acceptors (Lipinski definition) is 3. The van der Waals surface area contributed by atoms with Crippen molar-refractivity contribution in [1.29, 1.82) is 0 Å². The molecule has 6 rings (SSSR count). The first kappa shape index (κ1) is 25.2. The molecule has 0 saturated heterocycles. The zero-order valence-corrected chi connectivity index (χ0v) is 24.2. The maximum absolute atomic E-state index is 6.85. The van der Waals surface area contributed by atoms with E-state index in [2.05, 4.69) is 133 Å². The van der Waals surface area contributed by atoms with Gasteiger partial charge in [0, 0.05) is 44.7 Å². The molecule has 0 aliphatic heterocycles. The third-order valence-electron chi connectivity index (χ3n) is 7.65. The van der Waals surface area contributed by atoms with Gasteiger partial charge in [0.25, 0.3) is 0 Å². The molecule has 196 valence electrons. The molecule has 0 aliphatic rings. The van der Waals surface area contributed by atoms with Gasteiger partial charge in [-0.05, 0) is 36.8 Å². The van der Waals surface area contributed by atoms with E-state index in [4.69, 9.17) is 14.4 Å².